The number of aliphatic hydroxyl groups excluding tert-OH is 1. The summed E-state index contributed by atoms with van der Waals surface area (Å²) in [5, 5.41) is 13.1. The van der Waals surface area contributed by atoms with Gasteiger partial charge in [-0.2, -0.15) is 0 Å². The van der Waals surface area contributed by atoms with E-state index < -0.39 is 35.8 Å². The van der Waals surface area contributed by atoms with Crippen LogP contribution < -0.4 is 10.1 Å². The van der Waals surface area contributed by atoms with Gasteiger partial charge in [0.2, 0.25) is 5.91 Å². The van der Waals surface area contributed by atoms with Crippen molar-refractivity contribution in [1.29, 1.82) is 0 Å². The Labute approximate surface area is 184 Å². The summed E-state index contributed by atoms with van der Waals surface area (Å²) in [6, 6.07) is 5.91. The average molecular weight is 441 g/mol. The minimum absolute atomic E-state index is 0.0477. The van der Waals surface area contributed by atoms with Crippen molar-refractivity contribution < 1.29 is 24.2 Å². The fraction of sp³-hybridized carbons (Fsp3) is 0.545. The van der Waals surface area contributed by atoms with Gasteiger partial charge in [0.05, 0.1) is 18.0 Å². The molecular formula is C22H33ClN2O5. The van der Waals surface area contributed by atoms with Gasteiger partial charge in [-0.15, -0.1) is 11.6 Å². The standard InChI is InChI=1S/C22H33ClN2O5/c1-7-11-29-17-10-8-9-16(12-17)13-18(19(26)14-23)24-20(27)15(2)25(6)21(28)30-22(3,4)5/h7-10,12,15,18-19,26H,1,11,13-14H2,2-6H3,(H,24,27)/t15-,18-,19+/m0/s1. The smallest absolute Gasteiger partial charge is 0.410 e. The number of benzene rings is 1. The number of nitrogens with one attached hydrogen (secondary N) is 1. The molecule has 168 valence electrons. The first kappa shape index (κ1) is 25.8. The highest BCUT2D eigenvalue weighted by Gasteiger charge is 2.29. The van der Waals surface area contributed by atoms with E-state index in [0.29, 0.717) is 18.8 Å². The van der Waals surface area contributed by atoms with Crippen LogP contribution >= 0.6 is 11.6 Å². The number of rotatable bonds is 10. The van der Waals surface area contributed by atoms with Crippen LogP contribution in [0.1, 0.15) is 33.3 Å². The number of nitrogens with zero attached hydrogens (tertiary/aromatic N) is 1. The highest BCUT2D eigenvalue weighted by molar-refractivity contribution is 6.18. The minimum Gasteiger partial charge on any atom is -0.490 e. The summed E-state index contributed by atoms with van der Waals surface area (Å²) in [5.74, 6) is 0.195. The lowest BCUT2D eigenvalue weighted by atomic mass is 10.0. The predicted molar refractivity (Wildman–Crippen MR) is 118 cm³/mol. The molecule has 1 rings (SSSR count). The molecule has 1 aromatic rings. The van der Waals surface area contributed by atoms with Crippen LogP contribution in [-0.2, 0) is 16.0 Å². The second kappa shape index (κ2) is 11.8. The molecule has 0 bridgehead atoms. The molecule has 0 aliphatic heterocycles. The highest BCUT2D eigenvalue weighted by Crippen LogP contribution is 2.17. The van der Waals surface area contributed by atoms with Crippen LogP contribution in [0.4, 0.5) is 4.79 Å². The maximum atomic E-state index is 12.7. The van der Waals surface area contributed by atoms with Gasteiger partial charge in [-0.25, -0.2) is 4.79 Å². The zero-order valence-electron chi connectivity index (χ0n) is 18.4. The summed E-state index contributed by atoms with van der Waals surface area (Å²) < 4.78 is 10.8. The van der Waals surface area contributed by atoms with Crippen molar-refractivity contribution in [2.24, 2.45) is 0 Å². The van der Waals surface area contributed by atoms with E-state index >= 15 is 0 Å². The molecule has 2 amide bonds. The van der Waals surface area contributed by atoms with Gasteiger partial charge < -0.3 is 19.9 Å². The number of aliphatic hydroxyl groups is 1. The lowest BCUT2D eigenvalue weighted by molar-refractivity contribution is -0.126. The number of ether oxygens (including phenoxy) is 2. The van der Waals surface area contributed by atoms with Crippen LogP contribution in [-0.4, -0.2) is 65.3 Å². The molecule has 0 aliphatic carbocycles. The van der Waals surface area contributed by atoms with E-state index in [2.05, 4.69) is 11.9 Å². The Morgan fingerprint density at radius 3 is 2.60 bits per heavy atom. The molecule has 0 fully saturated rings. The van der Waals surface area contributed by atoms with E-state index in [1.54, 1.807) is 33.8 Å². The molecule has 0 aliphatic rings. The Morgan fingerprint density at radius 2 is 2.03 bits per heavy atom. The monoisotopic (exact) mass is 440 g/mol. The van der Waals surface area contributed by atoms with Crippen molar-refractivity contribution in [3.63, 3.8) is 0 Å². The first-order valence-corrected chi connectivity index (χ1v) is 10.3. The molecule has 0 unspecified atom stereocenters. The Kier molecular flexibility index (Phi) is 10.2. The molecule has 0 saturated heterocycles. The van der Waals surface area contributed by atoms with Crippen LogP contribution in [0, 0.1) is 0 Å². The van der Waals surface area contributed by atoms with E-state index in [-0.39, 0.29) is 5.88 Å². The Morgan fingerprint density at radius 1 is 1.37 bits per heavy atom. The van der Waals surface area contributed by atoms with E-state index in [1.807, 2.05) is 24.3 Å². The van der Waals surface area contributed by atoms with Gasteiger partial charge in [0.15, 0.2) is 0 Å². The second-order valence-corrected chi connectivity index (χ2v) is 8.36. The van der Waals surface area contributed by atoms with Gasteiger partial charge in [0.1, 0.15) is 24.0 Å². The normalized spacial score (nSPS) is 14.2. The molecule has 0 aromatic heterocycles. The topological polar surface area (TPSA) is 88.1 Å². The number of amides is 2. The molecule has 30 heavy (non-hydrogen) atoms. The number of hydrogen-bond acceptors (Lipinski definition) is 5. The van der Waals surface area contributed by atoms with Gasteiger partial charge in [-0.1, -0.05) is 24.8 Å². The van der Waals surface area contributed by atoms with Crippen molar-refractivity contribution in [1.82, 2.24) is 10.2 Å². The molecule has 1 aromatic carbocycles. The third-order valence-electron chi connectivity index (χ3n) is 4.31. The lowest BCUT2D eigenvalue weighted by Gasteiger charge is -2.30. The van der Waals surface area contributed by atoms with Crippen molar-refractivity contribution in [3.05, 3.63) is 42.5 Å². The SMILES string of the molecule is C=CCOc1cccc(C[C@H](NC(=O)[C@H](C)N(C)C(=O)OC(C)(C)C)[C@H](O)CCl)c1. The molecule has 3 atom stereocenters. The molecule has 0 saturated carbocycles. The van der Waals surface area contributed by atoms with Crippen LogP contribution in [0.15, 0.2) is 36.9 Å². The summed E-state index contributed by atoms with van der Waals surface area (Å²) in [5.41, 5.74) is 0.191. The van der Waals surface area contributed by atoms with Crippen molar-refractivity contribution in [2.75, 3.05) is 19.5 Å². The average Bonchev–Trinajstić information content (AvgIpc) is 2.68. The van der Waals surface area contributed by atoms with Crippen LogP contribution in [0.5, 0.6) is 5.75 Å². The van der Waals surface area contributed by atoms with Crippen LogP contribution in [0.3, 0.4) is 0 Å². The summed E-state index contributed by atoms with van der Waals surface area (Å²) in [7, 11) is 1.49. The molecule has 0 spiro atoms. The van der Waals surface area contributed by atoms with Crippen molar-refractivity contribution in [3.8, 4) is 5.75 Å². The molecule has 8 heteroatoms. The predicted octanol–water partition coefficient (Wildman–Crippen LogP) is 3.13. The Bertz CT molecular complexity index is 720. The van der Waals surface area contributed by atoms with Crippen molar-refractivity contribution in [2.45, 2.75) is 57.9 Å². The Balaban J connectivity index is 2.86. The number of halogens is 1. The maximum absolute atomic E-state index is 12.7. The van der Waals surface area contributed by atoms with E-state index in [4.69, 9.17) is 21.1 Å². The zero-order chi connectivity index (χ0) is 22.9. The summed E-state index contributed by atoms with van der Waals surface area (Å²) >= 11 is 5.84. The van der Waals surface area contributed by atoms with Crippen molar-refractivity contribution >= 4 is 23.6 Å². The third kappa shape index (κ3) is 8.63. The van der Waals surface area contributed by atoms with Gasteiger partial charge in [-0.3, -0.25) is 9.69 Å². The second-order valence-electron chi connectivity index (χ2n) is 8.06. The fourth-order valence-electron chi connectivity index (χ4n) is 2.53. The molecule has 0 radical (unpaired) electrons. The largest absolute Gasteiger partial charge is 0.490 e. The number of hydrogen-bond donors (Lipinski definition) is 2. The first-order chi connectivity index (χ1) is 14.0. The van der Waals surface area contributed by atoms with Crippen LogP contribution in [0.25, 0.3) is 0 Å². The fourth-order valence-corrected chi connectivity index (χ4v) is 2.75. The maximum Gasteiger partial charge on any atom is 0.410 e. The van der Waals surface area contributed by atoms with E-state index in [1.165, 1.54) is 11.9 Å². The summed E-state index contributed by atoms with van der Waals surface area (Å²) in [6.07, 6.45) is 0.419. The van der Waals surface area contributed by atoms with Gasteiger partial charge in [-0.05, 0) is 51.8 Å². The summed E-state index contributed by atoms with van der Waals surface area (Å²) in [6.45, 7) is 10.8. The van der Waals surface area contributed by atoms with Gasteiger partial charge in [0.25, 0.3) is 0 Å². The molecule has 0 heterocycles. The van der Waals surface area contributed by atoms with Gasteiger partial charge in [0, 0.05) is 7.05 Å². The molecular weight excluding hydrogens is 408 g/mol. The molecule has 7 nitrogen and oxygen atoms in total. The number of carbonyl (C=O) groups is 2. The zero-order valence-corrected chi connectivity index (χ0v) is 19.1. The van der Waals surface area contributed by atoms with Gasteiger partial charge >= 0.3 is 6.09 Å². The first-order valence-electron chi connectivity index (χ1n) is 9.81. The highest BCUT2D eigenvalue weighted by atomic mass is 35.5. The summed E-state index contributed by atoms with van der Waals surface area (Å²) in [4.78, 5) is 26.2. The molecule has 2 N–H and O–H groups in total. The number of carbonyl (C=O) groups excluding carboxylic acids is 2. The number of alkyl halides is 1. The minimum atomic E-state index is -0.965. The quantitative estimate of drug-likeness (QED) is 0.431. The lowest BCUT2D eigenvalue weighted by Crippen LogP contribution is -2.53. The third-order valence-corrected chi connectivity index (χ3v) is 4.63. The number of likely N-dealkylation sites (N-methyl/N-ethyl adjacent to an activating group) is 1. The van der Waals surface area contributed by atoms with E-state index in [9.17, 15) is 14.7 Å². The van der Waals surface area contributed by atoms with Crippen LogP contribution in [0.2, 0.25) is 0 Å². The van der Waals surface area contributed by atoms with E-state index in [0.717, 1.165) is 5.56 Å². The Hall–Kier alpha value is -2.25.